The number of pyridine rings is 1. The van der Waals surface area contributed by atoms with Crippen molar-refractivity contribution < 1.29 is 9.90 Å². The smallest absolute Gasteiger partial charge is 0.307 e. The van der Waals surface area contributed by atoms with E-state index in [1.54, 1.807) is 12.1 Å². The van der Waals surface area contributed by atoms with Crippen molar-refractivity contribution in [2.75, 3.05) is 0 Å². The molecule has 1 aromatic heterocycles. The quantitative estimate of drug-likeness (QED) is 0.766. The van der Waals surface area contributed by atoms with Gasteiger partial charge in [0.05, 0.1) is 10.9 Å². The fourth-order valence-electron chi connectivity index (χ4n) is 2.24. The molecule has 0 radical (unpaired) electrons. The molecule has 1 atom stereocenters. The fraction of sp³-hybridized carbons (Fsp3) is 0.235. The molecule has 0 fully saturated rings. The second-order valence-electron chi connectivity index (χ2n) is 5.18. The Bertz CT molecular complexity index is 641. The predicted octanol–water partition coefficient (Wildman–Crippen LogP) is 3.63. The third kappa shape index (κ3) is 4.97. The van der Waals surface area contributed by atoms with Gasteiger partial charge >= 0.3 is 5.97 Å². The molecule has 2 rings (SSSR count). The number of aliphatic carboxylic acids is 1. The first-order valence-electron chi connectivity index (χ1n) is 6.98. The zero-order valence-electron chi connectivity index (χ0n) is 12.0. The largest absolute Gasteiger partial charge is 0.481 e. The molecule has 0 spiro atoms. The van der Waals surface area contributed by atoms with E-state index in [9.17, 15) is 9.90 Å². The first-order valence-corrected chi connectivity index (χ1v) is 7.36. The molecule has 0 aliphatic heterocycles. The van der Waals surface area contributed by atoms with Gasteiger partial charge in [-0.05, 0) is 24.1 Å². The zero-order chi connectivity index (χ0) is 15.9. The second kappa shape index (κ2) is 7.71. The Kier molecular flexibility index (Phi) is 5.67. The Morgan fingerprint density at radius 3 is 2.55 bits per heavy atom. The molecule has 0 bridgehead atoms. The van der Waals surface area contributed by atoms with Crippen molar-refractivity contribution in [1.29, 1.82) is 5.41 Å². The first-order chi connectivity index (χ1) is 10.5. The van der Waals surface area contributed by atoms with Crippen LogP contribution in [0.5, 0.6) is 0 Å². The molecular formula is C17H17ClN2O2. The zero-order valence-corrected chi connectivity index (χ0v) is 12.8. The maximum Gasteiger partial charge on any atom is 0.307 e. The van der Waals surface area contributed by atoms with Crippen LogP contribution >= 0.6 is 11.6 Å². The lowest BCUT2D eigenvalue weighted by Gasteiger charge is -2.13. The number of hydrogen-bond donors (Lipinski definition) is 2. The van der Waals surface area contributed by atoms with Crippen LogP contribution in [0.1, 0.15) is 17.7 Å². The Morgan fingerprint density at radius 1 is 1.23 bits per heavy atom. The van der Waals surface area contributed by atoms with Gasteiger partial charge in [-0.1, -0.05) is 41.9 Å². The summed E-state index contributed by atoms with van der Waals surface area (Å²) in [6, 6.07) is 13.0. The van der Waals surface area contributed by atoms with E-state index >= 15 is 0 Å². The number of rotatable bonds is 7. The van der Waals surface area contributed by atoms with Crippen LogP contribution in [0.3, 0.4) is 0 Å². The summed E-state index contributed by atoms with van der Waals surface area (Å²) >= 11 is 5.77. The molecule has 0 saturated heterocycles. The molecule has 0 saturated carbocycles. The highest BCUT2D eigenvalue weighted by molar-refractivity contribution is 6.30. The monoisotopic (exact) mass is 316 g/mol. The third-order valence-electron chi connectivity index (χ3n) is 3.35. The first kappa shape index (κ1) is 16.2. The minimum Gasteiger partial charge on any atom is -0.481 e. The van der Waals surface area contributed by atoms with Gasteiger partial charge in [0.2, 0.25) is 0 Å². The second-order valence-corrected chi connectivity index (χ2v) is 5.61. The lowest BCUT2D eigenvalue weighted by molar-refractivity contribution is -0.141. The number of benzene rings is 1. The summed E-state index contributed by atoms with van der Waals surface area (Å²) in [5, 5.41) is 17.9. The number of aromatic nitrogens is 1. The minimum atomic E-state index is -0.908. The highest BCUT2D eigenvalue weighted by atomic mass is 35.5. The summed E-state index contributed by atoms with van der Waals surface area (Å²) in [7, 11) is 0. The number of nitrogens with zero attached hydrogens (tertiary/aromatic N) is 1. The maximum absolute atomic E-state index is 11.4. The van der Waals surface area contributed by atoms with Crippen LogP contribution in [0.25, 0.3) is 0 Å². The SMILES string of the molecule is N=C(Cc1ccccc1)C[C@H](Cc1ccc(Cl)cn1)C(=O)O. The van der Waals surface area contributed by atoms with Crippen LogP contribution < -0.4 is 0 Å². The molecule has 0 unspecified atom stereocenters. The fourth-order valence-corrected chi connectivity index (χ4v) is 2.35. The van der Waals surface area contributed by atoms with E-state index < -0.39 is 11.9 Å². The predicted molar refractivity (Wildman–Crippen MR) is 86.6 cm³/mol. The van der Waals surface area contributed by atoms with Crippen LogP contribution in [-0.4, -0.2) is 21.8 Å². The molecule has 4 nitrogen and oxygen atoms in total. The van der Waals surface area contributed by atoms with E-state index in [4.69, 9.17) is 17.0 Å². The van der Waals surface area contributed by atoms with E-state index in [1.807, 2.05) is 30.3 Å². The maximum atomic E-state index is 11.4. The summed E-state index contributed by atoms with van der Waals surface area (Å²) in [4.78, 5) is 15.5. The van der Waals surface area contributed by atoms with Crippen molar-refractivity contribution in [1.82, 2.24) is 4.98 Å². The standard InChI is InChI=1S/C17H17ClN2O2/c18-14-6-7-16(20-11-14)10-13(17(21)22)9-15(19)8-12-4-2-1-3-5-12/h1-7,11,13,19H,8-10H2,(H,21,22)/t13-/m1/s1. The van der Waals surface area contributed by atoms with Crippen LogP contribution in [0.15, 0.2) is 48.7 Å². The summed E-state index contributed by atoms with van der Waals surface area (Å²) in [5.74, 6) is -1.56. The Labute approximate surface area is 134 Å². The van der Waals surface area contributed by atoms with Gasteiger partial charge < -0.3 is 10.5 Å². The van der Waals surface area contributed by atoms with Crippen LogP contribution in [0.4, 0.5) is 0 Å². The molecule has 0 aliphatic carbocycles. The number of halogens is 1. The van der Waals surface area contributed by atoms with Crippen LogP contribution in [-0.2, 0) is 17.6 Å². The van der Waals surface area contributed by atoms with E-state index in [0.717, 1.165) is 5.56 Å². The van der Waals surface area contributed by atoms with Gasteiger partial charge in [-0.2, -0.15) is 0 Å². The number of nitrogens with one attached hydrogen (secondary N) is 1. The molecular weight excluding hydrogens is 300 g/mol. The summed E-state index contributed by atoms with van der Waals surface area (Å²) in [6.07, 6.45) is 2.49. The normalized spacial score (nSPS) is 11.9. The summed E-state index contributed by atoms with van der Waals surface area (Å²) in [6.45, 7) is 0. The van der Waals surface area contributed by atoms with Crippen LogP contribution in [0, 0.1) is 11.3 Å². The molecule has 2 N–H and O–H groups in total. The average molecular weight is 317 g/mol. The minimum absolute atomic E-state index is 0.217. The molecule has 2 aromatic rings. The number of carbonyl (C=O) groups is 1. The van der Waals surface area contributed by atoms with Crippen molar-refractivity contribution in [3.8, 4) is 0 Å². The Balaban J connectivity index is 1.98. The van der Waals surface area contributed by atoms with Gasteiger partial charge in [-0.25, -0.2) is 0 Å². The van der Waals surface area contributed by atoms with Crippen molar-refractivity contribution in [3.63, 3.8) is 0 Å². The molecule has 5 heteroatoms. The van der Waals surface area contributed by atoms with Gasteiger partial charge in [-0.3, -0.25) is 9.78 Å². The van der Waals surface area contributed by atoms with E-state index in [2.05, 4.69) is 4.98 Å². The number of carboxylic acid groups (broad SMARTS) is 1. The lowest BCUT2D eigenvalue weighted by atomic mass is 9.94. The topological polar surface area (TPSA) is 74.0 Å². The third-order valence-corrected chi connectivity index (χ3v) is 3.57. The van der Waals surface area contributed by atoms with Crippen LogP contribution in [0.2, 0.25) is 5.02 Å². The molecule has 114 valence electrons. The van der Waals surface area contributed by atoms with E-state index in [1.165, 1.54) is 6.20 Å². The summed E-state index contributed by atoms with van der Waals surface area (Å²) in [5.41, 5.74) is 2.10. The van der Waals surface area contributed by atoms with Crippen molar-refractivity contribution in [2.45, 2.75) is 19.3 Å². The number of hydrogen-bond acceptors (Lipinski definition) is 3. The van der Waals surface area contributed by atoms with Gasteiger partial charge in [0, 0.05) is 30.4 Å². The molecule has 0 amide bonds. The highest BCUT2D eigenvalue weighted by Crippen LogP contribution is 2.15. The number of carboxylic acids is 1. The van der Waals surface area contributed by atoms with E-state index in [-0.39, 0.29) is 6.42 Å². The van der Waals surface area contributed by atoms with Gasteiger partial charge in [0.1, 0.15) is 0 Å². The van der Waals surface area contributed by atoms with Crippen molar-refractivity contribution >= 4 is 23.3 Å². The van der Waals surface area contributed by atoms with Gasteiger partial charge in [0.15, 0.2) is 0 Å². The lowest BCUT2D eigenvalue weighted by Crippen LogP contribution is -2.21. The van der Waals surface area contributed by atoms with Gasteiger partial charge in [-0.15, -0.1) is 0 Å². The van der Waals surface area contributed by atoms with Crippen molar-refractivity contribution in [2.24, 2.45) is 5.92 Å². The molecule has 22 heavy (non-hydrogen) atoms. The molecule has 0 aliphatic rings. The van der Waals surface area contributed by atoms with Crippen molar-refractivity contribution in [3.05, 3.63) is 64.9 Å². The molecule has 1 heterocycles. The highest BCUT2D eigenvalue weighted by Gasteiger charge is 2.20. The van der Waals surface area contributed by atoms with Gasteiger partial charge in [0.25, 0.3) is 0 Å². The average Bonchev–Trinajstić information content (AvgIpc) is 2.49. The Hall–Kier alpha value is -2.20. The van der Waals surface area contributed by atoms with E-state index in [0.29, 0.717) is 29.3 Å². The summed E-state index contributed by atoms with van der Waals surface area (Å²) < 4.78 is 0. The Morgan fingerprint density at radius 2 is 1.95 bits per heavy atom. The molecule has 1 aromatic carbocycles.